The summed E-state index contributed by atoms with van der Waals surface area (Å²) < 4.78 is 5.66. The van der Waals surface area contributed by atoms with Gasteiger partial charge in [-0.05, 0) is 49.2 Å². The highest BCUT2D eigenvalue weighted by molar-refractivity contribution is 6.30. The molecule has 16 heavy (non-hydrogen) atoms. The number of fused-ring (bicyclic) bond motifs is 1. The number of rotatable bonds is 5. The third-order valence-electron chi connectivity index (χ3n) is 2.88. The quantitative estimate of drug-likeness (QED) is 0.798. The summed E-state index contributed by atoms with van der Waals surface area (Å²) in [6.45, 7) is 5.01. The Bertz CT molecular complexity index is 365. The standard InChI is InChI=1S/C13H18ClNO/c1-2-15-6-3-4-10-8-12(14)9-11-5-7-16-13(10)11/h8-9,15H,2-7H2,1H3. The third-order valence-corrected chi connectivity index (χ3v) is 3.09. The van der Waals surface area contributed by atoms with Gasteiger partial charge in [0.25, 0.3) is 0 Å². The van der Waals surface area contributed by atoms with Gasteiger partial charge in [-0.15, -0.1) is 0 Å². The van der Waals surface area contributed by atoms with Crippen LogP contribution in [0.5, 0.6) is 5.75 Å². The molecule has 0 radical (unpaired) electrons. The lowest BCUT2D eigenvalue weighted by Crippen LogP contribution is -2.14. The fourth-order valence-electron chi connectivity index (χ4n) is 2.11. The van der Waals surface area contributed by atoms with Gasteiger partial charge in [0.05, 0.1) is 6.61 Å². The van der Waals surface area contributed by atoms with Gasteiger partial charge in [0, 0.05) is 11.4 Å². The minimum Gasteiger partial charge on any atom is -0.493 e. The lowest BCUT2D eigenvalue weighted by molar-refractivity contribution is 0.353. The van der Waals surface area contributed by atoms with Gasteiger partial charge in [-0.2, -0.15) is 0 Å². The van der Waals surface area contributed by atoms with Gasteiger partial charge in [0.2, 0.25) is 0 Å². The van der Waals surface area contributed by atoms with Crippen molar-refractivity contribution in [3.05, 3.63) is 28.3 Å². The Morgan fingerprint density at radius 1 is 1.44 bits per heavy atom. The van der Waals surface area contributed by atoms with E-state index in [0.717, 1.165) is 49.7 Å². The van der Waals surface area contributed by atoms with Crippen molar-refractivity contribution in [2.24, 2.45) is 0 Å². The van der Waals surface area contributed by atoms with Crippen LogP contribution < -0.4 is 10.1 Å². The van der Waals surface area contributed by atoms with E-state index >= 15 is 0 Å². The van der Waals surface area contributed by atoms with Gasteiger partial charge in [0.15, 0.2) is 0 Å². The van der Waals surface area contributed by atoms with Crippen LogP contribution in [0.2, 0.25) is 5.02 Å². The van der Waals surface area contributed by atoms with Gasteiger partial charge >= 0.3 is 0 Å². The molecular formula is C13H18ClNO. The molecule has 0 fully saturated rings. The van der Waals surface area contributed by atoms with E-state index in [0.29, 0.717) is 0 Å². The zero-order chi connectivity index (χ0) is 11.4. The fourth-order valence-corrected chi connectivity index (χ4v) is 2.38. The molecule has 2 nitrogen and oxygen atoms in total. The van der Waals surface area contributed by atoms with Crippen LogP contribution >= 0.6 is 11.6 Å². The van der Waals surface area contributed by atoms with Crippen molar-refractivity contribution in [1.29, 1.82) is 0 Å². The molecule has 2 rings (SSSR count). The summed E-state index contributed by atoms with van der Waals surface area (Å²) in [5.41, 5.74) is 2.53. The number of ether oxygens (including phenoxy) is 1. The van der Waals surface area contributed by atoms with Crippen LogP contribution in [0.25, 0.3) is 0 Å². The molecule has 1 aromatic rings. The fraction of sp³-hybridized carbons (Fsp3) is 0.538. The predicted octanol–water partition coefficient (Wildman–Crippen LogP) is 2.82. The average Bonchev–Trinajstić information content (AvgIpc) is 2.72. The average molecular weight is 240 g/mol. The summed E-state index contributed by atoms with van der Waals surface area (Å²) in [5, 5.41) is 4.16. The zero-order valence-electron chi connectivity index (χ0n) is 9.68. The van der Waals surface area contributed by atoms with Crippen molar-refractivity contribution in [3.63, 3.8) is 0 Å². The smallest absolute Gasteiger partial charge is 0.125 e. The van der Waals surface area contributed by atoms with Crippen molar-refractivity contribution in [2.75, 3.05) is 19.7 Å². The van der Waals surface area contributed by atoms with Crippen LogP contribution in [0.3, 0.4) is 0 Å². The van der Waals surface area contributed by atoms with Gasteiger partial charge in [-0.25, -0.2) is 0 Å². The van der Waals surface area contributed by atoms with E-state index in [1.807, 2.05) is 12.1 Å². The lowest BCUT2D eigenvalue weighted by atomic mass is 10.0. The minimum atomic E-state index is 0.801. The van der Waals surface area contributed by atoms with Gasteiger partial charge < -0.3 is 10.1 Å². The number of halogens is 1. The molecule has 1 heterocycles. The molecule has 1 aromatic carbocycles. The van der Waals surface area contributed by atoms with Gasteiger partial charge in [-0.3, -0.25) is 0 Å². The van der Waals surface area contributed by atoms with Crippen LogP contribution in [0.15, 0.2) is 12.1 Å². The molecule has 1 aliphatic rings. The SMILES string of the molecule is CCNCCCc1cc(Cl)cc2c1OCC2. The van der Waals surface area contributed by atoms with Gasteiger partial charge in [0.1, 0.15) is 5.75 Å². The first kappa shape index (κ1) is 11.7. The summed E-state index contributed by atoms with van der Waals surface area (Å²) in [6.07, 6.45) is 3.16. The Morgan fingerprint density at radius 2 is 2.31 bits per heavy atom. The first-order valence-electron chi connectivity index (χ1n) is 5.96. The van der Waals surface area contributed by atoms with E-state index in [2.05, 4.69) is 12.2 Å². The summed E-state index contributed by atoms with van der Waals surface area (Å²) in [5.74, 6) is 1.08. The Kier molecular flexibility index (Phi) is 4.08. The van der Waals surface area contributed by atoms with Crippen LogP contribution in [0.1, 0.15) is 24.5 Å². The number of nitrogens with one attached hydrogen (secondary N) is 1. The number of hydrogen-bond acceptors (Lipinski definition) is 2. The molecule has 1 aliphatic heterocycles. The topological polar surface area (TPSA) is 21.3 Å². The minimum absolute atomic E-state index is 0.801. The number of aryl methyl sites for hydroxylation is 1. The van der Waals surface area contributed by atoms with Crippen LogP contribution in [-0.4, -0.2) is 19.7 Å². The van der Waals surface area contributed by atoms with E-state index in [1.54, 1.807) is 0 Å². The van der Waals surface area contributed by atoms with E-state index in [1.165, 1.54) is 11.1 Å². The van der Waals surface area contributed by atoms with E-state index < -0.39 is 0 Å². The lowest BCUT2D eigenvalue weighted by Gasteiger charge is -2.09. The monoisotopic (exact) mass is 239 g/mol. The highest BCUT2D eigenvalue weighted by Crippen LogP contribution is 2.33. The van der Waals surface area contributed by atoms with E-state index in [4.69, 9.17) is 16.3 Å². The second kappa shape index (κ2) is 5.55. The van der Waals surface area contributed by atoms with Crippen molar-refractivity contribution < 1.29 is 4.74 Å². The Morgan fingerprint density at radius 3 is 3.12 bits per heavy atom. The van der Waals surface area contributed by atoms with E-state index in [9.17, 15) is 0 Å². The predicted molar refractivity (Wildman–Crippen MR) is 67.5 cm³/mol. The molecular weight excluding hydrogens is 222 g/mol. The highest BCUT2D eigenvalue weighted by atomic mass is 35.5. The summed E-state index contributed by atoms with van der Waals surface area (Å²) in [7, 11) is 0. The molecule has 0 aliphatic carbocycles. The number of benzene rings is 1. The zero-order valence-corrected chi connectivity index (χ0v) is 10.4. The van der Waals surface area contributed by atoms with Crippen molar-refractivity contribution in [1.82, 2.24) is 5.32 Å². The molecule has 0 amide bonds. The second-order valence-corrected chi connectivity index (χ2v) is 4.55. The molecule has 0 atom stereocenters. The number of hydrogen-bond donors (Lipinski definition) is 1. The maximum Gasteiger partial charge on any atom is 0.125 e. The maximum atomic E-state index is 6.10. The first-order valence-corrected chi connectivity index (χ1v) is 6.34. The van der Waals surface area contributed by atoms with Crippen LogP contribution in [0, 0.1) is 0 Å². The van der Waals surface area contributed by atoms with Crippen LogP contribution in [-0.2, 0) is 12.8 Å². The molecule has 0 unspecified atom stereocenters. The molecule has 0 saturated heterocycles. The molecule has 0 bridgehead atoms. The molecule has 0 spiro atoms. The second-order valence-electron chi connectivity index (χ2n) is 4.11. The molecule has 1 N–H and O–H groups in total. The van der Waals surface area contributed by atoms with Crippen molar-refractivity contribution in [2.45, 2.75) is 26.2 Å². The highest BCUT2D eigenvalue weighted by Gasteiger charge is 2.16. The van der Waals surface area contributed by atoms with Crippen molar-refractivity contribution in [3.8, 4) is 5.75 Å². The van der Waals surface area contributed by atoms with Crippen LogP contribution in [0.4, 0.5) is 0 Å². The molecule has 3 heteroatoms. The Hall–Kier alpha value is -0.730. The first-order chi connectivity index (χ1) is 7.81. The summed E-state index contributed by atoms with van der Waals surface area (Å²) in [6, 6.07) is 4.06. The maximum absolute atomic E-state index is 6.10. The molecule has 0 saturated carbocycles. The van der Waals surface area contributed by atoms with E-state index in [-0.39, 0.29) is 0 Å². The Labute approximate surface area is 102 Å². The molecule has 88 valence electrons. The van der Waals surface area contributed by atoms with Crippen molar-refractivity contribution >= 4 is 11.6 Å². The summed E-state index contributed by atoms with van der Waals surface area (Å²) in [4.78, 5) is 0. The largest absolute Gasteiger partial charge is 0.493 e. The Balaban J connectivity index is 2.03. The van der Waals surface area contributed by atoms with Gasteiger partial charge in [-0.1, -0.05) is 18.5 Å². The molecule has 0 aromatic heterocycles. The summed E-state index contributed by atoms with van der Waals surface area (Å²) >= 11 is 6.10. The normalized spacial score (nSPS) is 13.6. The third kappa shape index (κ3) is 2.69.